The fourth-order valence-electron chi connectivity index (χ4n) is 2.78. The van der Waals surface area contributed by atoms with Gasteiger partial charge in [-0.05, 0) is 42.6 Å². The van der Waals surface area contributed by atoms with Gasteiger partial charge in [0.25, 0.3) is 0 Å². The van der Waals surface area contributed by atoms with E-state index in [-0.39, 0.29) is 11.8 Å². The minimum Gasteiger partial charge on any atom is -0.366 e. The van der Waals surface area contributed by atoms with Crippen LogP contribution >= 0.6 is 0 Å². The van der Waals surface area contributed by atoms with E-state index in [4.69, 9.17) is 5.73 Å². The average Bonchev–Trinajstić information content (AvgIpc) is 2.50. The van der Waals surface area contributed by atoms with Crippen LogP contribution in [-0.4, -0.2) is 24.3 Å². The van der Waals surface area contributed by atoms with E-state index in [0.29, 0.717) is 11.1 Å². The number of carbonyl (C=O) groups excluding carboxylic acids is 2. The molecule has 1 aliphatic heterocycles. The molecule has 0 saturated carbocycles. The Labute approximate surface area is 135 Å². The van der Waals surface area contributed by atoms with Gasteiger partial charge in [-0.2, -0.15) is 0 Å². The second kappa shape index (κ2) is 6.34. The molecule has 3 N–H and O–H groups in total. The van der Waals surface area contributed by atoms with Gasteiger partial charge in [0.05, 0.1) is 0 Å². The number of primary amides is 1. The van der Waals surface area contributed by atoms with Crippen molar-refractivity contribution in [1.82, 2.24) is 5.32 Å². The highest BCUT2D eigenvalue weighted by molar-refractivity contribution is 6.08. The van der Waals surface area contributed by atoms with E-state index in [1.807, 2.05) is 43.3 Å². The molecule has 0 spiro atoms. The molecular formula is C19H19N2O2. The lowest BCUT2D eigenvalue weighted by Gasteiger charge is -2.26. The van der Waals surface area contributed by atoms with E-state index in [9.17, 15) is 9.59 Å². The molecule has 1 atom stereocenters. The van der Waals surface area contributed by atoms with Gasteiger partial charge < -0.3 is 11.1 Å². The lowest BCUT2D eigenvalue weighted by atomic mass is 9.91. The molecule has 1 radical (unpaired) electrons. The van der Waals surface area contributed by atoms with Gasteiger partial charge in [-0.15, -0.1) is 0 Å². The predicted molar refractivity (Wildman–Crippen MR) is 90.2 cm³/mol. The van der Waals surface area contributed by atoms with Gasteiger partial charge in [0.2, 0.25) is 5.91 Å². The summed E-state index contributed by atoms with van der Waals surface area (Å²) in [6.45, 7) is 2.81. The van der Waals surface area contributed by atoms with Crippen LogP contribution in [0, 0.1) is 13.3 Å². The third-order valence-corrected chi connectivity index (χ3v) is 4.21. The van der Waals surface area contributed by atoms with E-state index in [1.165, 1.54) is 0 Å². The first-order valence-corrected chi connectivity index (χ1v) is 7.68. The lowest BCUT2D eigenvalue weighted by molar-refractivity contribution is 0.0995. The molecule has 2 aromatic carbocycles. The molecule has 4 nitrogen and oxygen atoms in total. The molecule has 1 amide bonds. The number of nitrogens with two attached hydrogens (primary N) is 1. The summed E-state index contributed by atoms with van der Waals surface area (Å²) in [6, 6.07) is 13.2. The van der Waals surface area contributed by atoms with Crippen molar-refractivity contribution in [3.05, 3.63) is 65.6 Å². The lowest BCUT2D eigenvalue weighted by Crippen LogP contribution is -2.44. The Bertz CT molecular complexity index is 764. The van der Waals surface area contributed by atoms with Crippen molar-refractivity contribution in [3.63, 3.8) is 0 Å². The predicted octanol–water partition coefficient (Wildman–Crippen LogP) is 2.51. The molecule has 2 aromatic rings. The summed E-state index contributed by atoms with van der Waals surface area (Å²) < 4.78 is 0. The van der Waals surface area contributed by atoms with Gasteiger partial charge in [-0.1, -0.05) is 36.4 Å². The molecule has 117 valence electrons. The largest absolute Gasteiger partial charge is 0.366 e. The van der Waals surface area contributed by atoms with E-state index in [0.717, 1.165) is 29.7 Å². The van der Waals surface area contributed by atoms with E-state index in [1.54, 1.807) is 12.5 Å². The van der Waals surface area contributed by atoms with Gasteiger partial charge in [0, 0.05) is 23.6 Å². The number of hydrogen-bond donors (Lipinski definition) is 2. The number of aryl methyl sites for hydroxylation is 1. The number of benzene rings is 2. The zero-order valence-corrected chi connectivity index (χ0v) is 13.0. The van der Waals surface area contributed by atoms with Crippen molar-refractivity contribution >= 4 is 11.7 Å². The van der Waals surface area contributed by atoms with Gasteiger partial charge >= 0.3 is 0 Å². The summed E-state index contributed by atoms with van der Waals surface area (Å²) in [5.41, 5.74) is 9.11. The smallest absolute Gasteiger partial charge is 0.248 e. The van der Waals surface area contributed by atoms with Crippen LogP contribution < -0.4 is 11.1 Å². The number of hydrogen-bond acceptors (Lipinski definition) is 3. The zero-order valence-electron chi connectivity index (χ0n) is 13.0. The highest BCUT2D eigenvalue weighted by atomic mass is 16.1. The van der Waals surface area contributed by atoms with Crippen LogP contribution in [0.3, 0.4) is 0 Å². The third kappa shape index (κ3) is 3.17. The van der Waals surface area contributed by atoms with Crippen molar-refractivity contribution in [2.75, 3.05) is 6.54 Å². The summed E-state index contributed by atoms with van der Waals surface area (Å²) in [6.07, 6.45) is 2.74. The molecular weight excluding hydrogens is 288 g/mol. The number of carbonyl (C=O) groups is 2. The van der Waals surface area contributed by atoms with Crippen molar-refractivity contribution in [2.45, 2.75) is 19.4 Å². The van der Waals surface area contributed by atoms with Gasteiger partial charge in [0.15, 0.2) is 5.78 Å². The molecule has 1 fully saturated rings. The topological polar surface area (TPSA) is 72.2 Å². The summed E-state index contributed by atoms with van der Waals surface area (Å²) >= 11 is 0. The van der Waals surface area contributed by atoms with Crippen molar-refractivity contribution in [2.24, 2.45) is 5.73 Å². The monoisotopic (exact) mass is 307 g/mol. The number of Topliss-reactive ketones (excluding diaryl/α,β-unsaturated/α-hetero) is 1. The third-order valence-electron chi connectivity index (χ3n) is 4.21. The molecule has 0 aliphatic carbocycles. The Balaban J connectivity index is 1.95. The molecule has 0 bridgehead atoms. The summed E-state index contributed by atoms with van der Waals surface area (Å²) in [5, 5.41) is 3.21. The first-order valence-electron chi connectivity index (χ1n) is 7.68. The second-order valence-electron chi connectivity index (χ2n) is 5.82. The summed E-state index contributed by atoms with van der Waals surface area (Å²) in [4.78, 5) is 23.9. The first-order chi connectivity index (χ1) is 11.1. The van der Waals surface area contributed by atoms with Crippen LogP contribution in [0.5, 0.6) is 0 Å². The van der Waals surface area contributed by atoms with Crippen LogP contribution in [0.4, 0.5) is 0 Å². The van der Waals surface area contributed by atoms with Crippen molar-refractivity contribution < 1.29 is 9.59 Å². The number of rotatable bonds is 5. The number of ketones is 1. The van der Waals surface area contributed by atoms with Crippen LogP contribution in [0.25, 0.3) is 11.1 Å². The summed E-state index contributed by atoms with van der Waals surface area (Å²) in [5.74, 6) is -0.419. The fourth-order valence-corrected chi connectivity index (χ4v) is 2.78. The second-order valence-corrected chi connectivity index (χ2v) is 5.82. The molecule has 3 rings (SSSR count). The van der Waals surface area contributed by atoms with Crippen LogP contribution in [0.1, 0.15) is 32.7 Å². The minimum absolute atomic E-state index is 0.0226. The Hall–Kier alpha value is -2.46. The maximum atomic E-state index is 12.5. The molecule has 4 heteroatoms. The van der Waals surface area contributed by atoms with Crippen molar-refractivity contribution in [3.8, 4) is 11.1 Å². The summed E-state index contributed by atoms with van der Waals surface area (Å²) in [7, 11) is 0. The van der Waals surface area contributed by atoms with Crippen molar-refractivity contribution in [1.29, 1.82) is 0 Å². The maximum absolute atomic E-state index is 12.5. The van der Waals surface area contributed by atoms with E-state index in [2.05, 4.69) is 5.32 Å². The fraction of sp³-hybridized carbons (Fsp3) is 0.211. The standard InChI is InChI=1S/C19H19N2O2/c1-12-10-13(6-7-15(12)19(20)23)16-4-2-3-5-17(16)18(22)11-14-8-9-21-14/h2-7,10-11,14,21H,8-9H2,1H3,(H2,20,23). The number of nitrogens with one attached hydrogen (secondary N) is 1. The Morgan fingerprint density at radius 1 is 1.17 bits per heavy atom. The molecule has 0 aromatic heterocycles. The van der Waals surface area contributed by atoms with Gasteiger partial charge in [-0.3, -0.25) is 9.59 Å². The quantitative estimate of drug-likeness (QED) is 0.834. The zero-order chi connectivity index (χ0) is 16.4. The Morgan fingerprint density at radius 2 is 1.91 bits per heavy atom. The molecule has 1 aliphatic rings. The van der Waals surface area contributed by atoms with Crippen LogP contribution in [-0.2, 0) is 0 Å². The van der Waals surface area contributed by atoms with Crippen LogP contribution in [0.2, 0.25) is 0 Å². The SMILES string of the molecule is Cc1cc(-c2ccccc2C(=O)[CH]C2CCN2)ccc1C(N)=O. The van der Waals surface area contributed by atoms with E-state index < -0.39 is 5.91 Å². The molecule has 1 unspecified atom stereocenters. The Kier molecular flexibility index (Phi) is 4.26. The maximum Gasteiger partial charge on any atom is 0.248 e. The van der Waals surface area contributed by atoms with Gasteiger partial charge in [0.1, 0.15) is 0 Å². The highest BCUT2D eigenvalue weighted by Gasteiger charge is 2.22. The Morgan fingerprint density at radius 3 is 2.52 bits per heavy atom. The van der Waals surface area contributed by atoms with E-state index >= 15 is 0 Å². The highest BCUT2D eigenvalue weighted by Crippen LogP contribution is 2.27. The molecule has 23 heavy (non-hydrogen) atoms. The normalized spacial score (nSPS) is 16.7. The molecule has 1 heterocycles. The van der Waals surface area contributed by atoms with Gasteiger partial charge in [-0.25, -0.2) is 0 Å². The first kappa shape index (κ1) is 15.4. The molecule has 1 saturated heterocycles. The number of amides is 1. The van der Waals surface area contributed by atoms with Crippen LogP contribution in [0.15, 0.2) is 42.5 Å². The average molecular weight is 307 g/mol. The minimum atomic E-state index is -0.442.